The van der Waals surface area contributed by atoms with Gasteiger partial charge in [0.05, 0.1) is 11.3 Å². The van der Waals surface area contributed by atoms with Crippen LogP contribution in [-0.4, -0.2) is 42.3 Å². The number of dihydropyridines is 1. The molecule has 2 aromatic carbocycles. The number of carbonyl (C=O) groups is 2. The second-order valence-electron chi connectivity index (χ2n) is 7.69. The van der Waals surface area contributed by atoms with Gasteiger partial charge in [0.25, 0.3) is 0 Å². The van der Waals surface area contributed by atoms with Gasteiger partial charge in [0.2, 0.25) is 5.91 Å². The smallest absolute Gasteiger partial charge is 0.338 e. The second-order valence-corrected chi connectivity index (χ2v) is 9.86. The standard InChI is InChI=1S/C25H25FN2O3S2/c1-17-14-20(25(30)31-12-13-32-15-18-8-10-27-11-9-18)4-7-22(17)28-23(29)16-33-24(28)19-2-5-21(26)6-3-19/h2-10,14,24,27H,11-13,15-16H2,1H3. The first-order valence-corrected chi connectivity index (χ1v) is 12.9. The first kappa shape index (κ1) is 23.4. The average Bonchev–Trinajstić information content (AvgIpc) is 3.21. The van der Waals surface area contributed by atoms with E-state index in [1.54, 1.807) is 47.0 Å². The SMILES string of the molecule is Cc1cc(C(=O)OCCSCC2=CCNC=C2)ccc1N1C(=O)CSC1c1ccc(F)cc1. The van der Waals surface area contributed by atoms with E-state index in [0.29, 0.717) is 17.9 Å². The number of benzene rings is 2. The van der Waals surface area contributed by atoms with E-state index in [2.05, 4.69) is 17.5 Å². The van der Waals surface area contributed by atoms with Crippen LogP contribution >= 0.6 is 23.5 Å². The Morgan fingerprint density at radius 1 is 1.27 bits per heavy atom. The average molecular weight is 485 g/mol. The minimum absolute atomic E-state index is 0.0107. The quantitative estimate of drug-likeness (QED) is 0.427. The van der Waals surface area contributed by atoms with Crippen LogP contribution in [0.5, 0.6) is 0 Å². The van der Waals surface area contributed by atoms with Gasteiger partial charge in [-0.2, -0.15) is 11.8 Å². The van der Waals surface area contributed by atoms with Gasteiger partial charge in [-0.1, -0.05) is 18.2 Å². The second kappa shape index (κ2) is 10.9. The largest absolute Gasteiger partial charge is 0.461 e. The fourth-order valence-electron chi connectivity index (χ4n) is 3.68. The van der Waals surface area contributed by atoms with Crippen molar-refractivity contribution in [1.82, 2.24) is 5.32 Å². The fourth-order valence-corrected chi connectivity index (χ4v) is 5.64. The van der Waals surface area contributed by atoms with E-state index in [4.69, 9.17) is 4.74 Å². The molecule has 33 heavy (non-hydrogen) atoms. The summed E-state index contributed by atoms with van der Waals surface area (Å²) < 4.78 is 18.8. The Bertz CT molecular complexity index is 1090. The van der Waals surface area contributed by atoms with Gasteiger partial charge in [-0.3, -0.25) is 9.69 Å². The lowest BCUT2D eigenvalue weighted by molar-refractivity contribution is -0.115. The van der Waals surface area contributed by atoms with Crippen molar-refractivity contribution in [3.8, 4) is 0 Å². The Labute approximate surface area is 201 Å². The molecule has 1 amide bonds. The third kappa shape index (κ3) is 5.81. The Hall–Kier alpha value is -2.71. The number of carbonyl (C=O) groups excluding carboxylic acids is 2. The molecule has 1 N–H and O–H groups in total. The lowest BCUT2D eigenvalue weighted by Gasteiger charge is -2.26. The number of hydrogen-bond acceptors (Lipinski definition) is 6. The molecule has 1 saturated heterocycles. The molecule has 0 radical (unpaired) electrons. The summed E-state index contributed by atoms with van der Waals surface area (Å²) in [5.41, 5.74) is 4.15. The van der Waals surface area contributed by atoms with Crippen LogP contribution in [-0.2, 0) is 9.53 Å². The van der Waals surface area contributed by atoms with Crippen LogP contribution in [0.15, 0.2) is 66.4 Å². The zero-order valence-corrected chi connectivity index (χ0v) is 19.9. The lowest BCUT2D eigenvalue weighted by atomic mass is 10.1. The number of rotatable bonds is 8. The Kier molecular flexibility index (Phi) is 7.77. The normalized spacial score (nSPS) is 17.6. The number of aryl methyl sites for hydroxylation is 1. The van der Waals surface area contributed by atoms with Crippen molar-refractivity contribution in [2.45, 2.75) is 12.3 Å². The number of allylic oxidation sites excluding steroid dienone is 1. The zero-order chi connectivity index (χ0) is 23.2. The number of nitrogens with one attached hydrogen (secondary N) is 1. The molecule has 1 atom stereocenters. The number of halogens is 1. The number of amides is 1. The summed E-state index contributed by atoms with van der Waals surface area (Å²) >= 11 is 3.23. The Morgan fingerprint density at radius 2 is 2.09 bits per heavy atom. The molecule has 2 aliphatic rings. The maximum absolute atomic E-state index is 13.3. The minimum atomic E-state index is -0.372. The fraction of sp³-hybridized carbons (Fsp3) is 0.280. The molecule has 172 valence electrons. The number of thioether (sulfide) groups is 2. The molecule has 2 aromatic rings. The van der Waals surface area contributed by atoms with E-state index in [1.165, 1.54) is 29.5 Å². The van der Waals surface area contributed by atoms with Gasteiger partial charge in [0.1, 0.15) is 17.8 Å². The van der Waals surface area contributed by atoms with Gasteiger partial charge < -0.3 is 10.1 Å². The number of nitrogens with zero attached hydrogens (tertiary/aromatic N) is 1. The highest BCUT2D eigenvalue weighted by Crippen LogP contribution is 2.42. The summed E-state index contributed by atoms with van der Waals surface area (Å²) in [6.07, 6.45) is 6.14. The van der Waals surface area contributed by atoms with Crippen molar-refractivity contribution in [2.24, 2.45) is 0 Å². The molecule has 1 fully saturated rings. The summed E-state index contributed by atoms with van der Waals surface area (Å²) in [5, 5.41) is 2.89. The van der Waals surface area contributed by atoms with Crippen molar-refractivity contribution in [1.29, 1.82) is 0 Å². The summed E-state index contributed by atoms with van der Waals surface area (Å²) in [4.78, 5) is 26.9. The highest BCUT2D eigenvalue weighted by molar-refractivity contribution is 8.00. The van der Waals surface area contributed by atoms with Crippen molar-refractivity contribution >= 4 is 41.1 Å². The molecule has 1 unspecified atom stereocenters. The summed E-state index contributed by atoms with van der Waals surface area (Å²) in [7, 11) is 0. The zero-order valence-electron chi connectivity index (χ0n) is 18.3. The lowest BCUT2D eigenvalue weighted by Crippen LogP contribution is -2.28. The summed E-state index contributed by atoms with van der Waals surface area (Å²) in [6.45, 7) is 3.07. The van der Waals surface area contributed by atoms with Gasteiger partial charge in [0, 0.05) is 23.7 Å². The first-order valence-electron chi connectivity index (χ1n) is 10.7. The molecule has 2 aliphatic heterocycles. The van der Waals surface area contributed by atoms with Crippen molar-refractivity contribution < 1.29 is 18.7 Å². The van der Waals surface area contributed by atoms with E-state index < -0.39 is 0 Å². The van der Waals surface area contributed by atoms with Crippen LogP contribution in [0.3, 0.4) is 0 Å². The minimum Gasteiger partial charge on any atom is -0.461 e. The van der Waals surface area contributed by atoms with Gasteiger partial charge in [-0.15, -0.1) is 11.8 Å². The van der Waals surface area contributed by atoms with E-state index in [1.807, 2.05) is 13.1 Å². The van der Waals surface area contributed by atoms with E-state index in [9.17, 15) is 14.0 Å². The van der Waals surface area contributed by atoms with E-state index in [-0.39, 0.29) is 23.1 Å². The van der Waals surface area contributed by atoms with Crippen LogP contribution < -0.4 is 10.2 Å². The third-order valence-electron chi connectivity index (χ3n) is 5.34. The van der Waals surface area contributed by atoms with Crippen molar-refractivity contribution in [3.63, 3.8) is 0 Å². The predicted octanol–water partition coefficient (Wildman–Crippen LogP) is 4.85. The monoisotopic (exact) mass is 484 g/mol. The van der Waals surface area contributed by atoms with Crippen LogP contribution in [0.2, 0.25) is 0 Å². The van der Waals surface area contributed by atoms with Crippen LogP contribution in [0.1, 0.15) is 26.9 Å². The van der Waals surface area contributed by atoms with Gasteiger partial charge in [-0.25, -0.2) is 9.18 Å². The number of esters is 1. The Balaban J connectivity index is 1.36. The molecule has 0 spiro atoms. The molecular formula is C25H25FN2O3S2. The number of ether oxygens (including phenoxy) is 1. The van der Waals surface area contributed by atoms with Crippen LogP contribution in [0.4, 0.5) is 10.1 Å². The maximum Gasteiger partial charge on any atom is 0.338 e. The molecule has 2 heterocycles. The molecular weight excluding hydrogens is 459 g/mol. The number of hydrogen-bond donors (Lipinski definition) is 1. The van der Waals surface area contributed by atoms with Gasteiger partial charge in [-0.05, 0) is 66.2 Å². The van der Waals surface area contributed by atoms with Crippen molar-refractivity contribution in [3.05, 3.63) is 88.9 Å². The molecule has 0 aromatic heterocycles. The van der Waals surface area contributed by atoms with Crippen LogP contribution in [0.25, 0.3) is 0 Å². The molecule has 0 bridgehead atoms. The molecule has 4 rings (SSSR count). The van der Waals surface area contributed by atoms with Crippen LogP contribution in [0, 0.1) is 12.7 Å². The first-order chi connectivity index (χ1) is 16.0. The highest BCUT2D eigenvalue weighted by atomic mass is 32.2. The molecule has 5 nitrogen and oxygen atoms in total. The van der Waals surface area contributed by atoms with Gasteiger partial charge in [0.15, 0.2) is 0 Å². The summed E-state index contributed by atoms with van der Waals surface area (Å²) in [5.74, 6) is 1.27. The van der Waals surface area contributed by atoms with Gasteiger partial charge >= 0.3 is 5.97 Å². The topological polar surface area (TPSA) is 58.6 Å². The molecule has 0 saturated carbocycles. The highest BCUT2D eigenvalue weighted by Gasteiger charge is 2.35. The Morgan fingerprint density at radius 3 is 2.82 bits per heavy atom. The molecule has 8 heteroatoms. The molecule has 0 aliphatic carbocycles. The predicted molar refractivity (Wildman–Crippen MR) is 133 cm³/mol. The maximum atomic E-state index is 13.3. The van der Waals surface area contributed by atoms with E-state index >= 15 is 0 Å². The van der Waals surface area contributed by atoms with E-state index in [0.717, 1.165) is 34.9 Å². The van der Waals surface area contributed by atoms with Crippen molar-refractivity contribution in [2.75, 3.05) is 35.3 Å². The third-order valence-corrected chi connectivity index (χ3v) is 7.55. The number of anilines is 1. The summed E-state index contributed by atoms with van der Waals surface area (Å²) in [6, 6.07) is 11.5.